The van der Waals surface area contributed by atoms with Gasteiger partial charge in [0.1, 0.15) is 0 Å². The van der Waals surface area contributed by atoms with Crippen molar-refractivity contribution in [1.82, 2.24) is 4.90 Å². The van der Waals surface area contributed by atoms with Crippen LogP contribution in [0.4, 0.5) is 0 Å². The van der Waals surface area contributed by atoms with E-state index in [4.69, 9.17) is 10.8 Å². The van der Waals surface area contributed by atoms with Crippen molar-refractivity contribution in [3.63, 3.8) is 0 Å². The lowest BCUT2D eigenvalue weighted by Crippen LogP contribution is -2.45. The lowest BCUT2D eigenvalue weighted by molar-refractivity contribution is -0.137. The lowest BCUT2D eigenvalue weighted by atomic mass is 10.1. The molecule has 0 aliphatic carbocycles. The van der Waals surface area contributed by atoms with E-state index in [2.05, 4.69) is 0 Å². The first-order valence-electron chi connectivity index (χ1n) is 5.78. The number of hydrogen-bond acceptors (Lipinski definition) is 3. The normalized spacial score (nSPS) is 12.7. The Hall–Kier alpha value is -1.10. The first kappa shape index (κ1) is 14.9. The van der Waals surface area contributed by atoms with Crippen LogP contribution in [0.15, 0.2) is 0 Å². The van der Waals surface area contributed by atoms with Crippen molar-refractivity contribution < 1.29 is 14.7 Å². The highest BCUT2D eigenvalue weighted by atomic mass is 16.4. The third-order valence-corrected chi connectivity index (χ3v) is 2.42. The van der Waals surface area contributed by atoms with Crippen LogP contribution in [0.3, 0.4) is 0 Å². The number of nitrogens with zero attached hydrogens (tertiary/aromatic N) is 1. The first-order chi connectivity index (χ1) is 7.52. The molecule has 94 valence electrons. The van der Waals surface area contributed by atoms with Crippen molar-refractivity contribution in [3.8, 4) is 0 Å². The monoisotopic (exact) mass is 230 g/mol. The van der Waals surface area contributed by atoms with E-state index in [9.17, 15) is 9.59 Å². The van der Waals surface area contributed by atoms with Crippen molar-refractivity contribution in [1.29, 1.82) is 0 Å². The molecule has 0 radical (unpaired) electrons. The van der Waals surface area contributed by atoms with Gasteiger partial charge in [-0.1, -0.05) is 13.8 Å². The zero-order valence-electron chi connectivity index (χ0n) is 10.1. The Labute approximate surface area is 96.6 Å². The molecule has 0 aromatic heterocycles. The highest BCUT2D eigenvalue weighted by Gasteiger charge is 2.23. The van der Waals surface area contributed by atoms with Crippen LogP contribution in [0.1, 0.15) is 39.5 Å². The van der Waals surface area contributed by atoms with E-state index in [1.165, 1.54) is 0 Å². The van der Waals surface area contributed by atoms with E-state index < -0.39 is 17.9 Å². The Morgan fingerprint density at radius 1 is 1.25 bits per heavy atom. The molecule has 1 amide bonds. The van der Waals surface area contributed by atoms with Crippen LogP contribution in [0, 0.1) is 0 Å². The zero-order valence-corrected chi connectivity index (χ0v) is 10.1. The van der Waals surface area contributed by atoms with Crippen LogP contribution in [0.2, 0.25) is 0 Å². The van der Waals surface area contributed by atoms with Gasteiger partial charge in [-0.05, 0) is 32.4 Å². The summed E-state index contributed by atoms with van der Waals surface area (Å²) in [6.45, 7) is 5.61. The third-order valence-electron chi connectivity index (χ3n) is 2.42. The van der Waals surface area contributed by atoms with Crippen molar-refractivity contribution in [3.05, 3.63) is 0 Å². The van der Waals surface area contributed by atoms with Gasteiger partial charge in [0.15, 0.2) is 0 Å². The largest absolute Gasteiger partial charge is 0.481 e. The number of carbonyl (C=O) groups is 2. The number of amides is 1. The molecule has 0 bridgehead atoms. The van der Waals surface area contributed by atoms with Gasteiger partial charge in [-0.25, -0.2) is 0 Å². The molecule has 5 heteroatoms. The summed E-state index contributed by atoms with van der Waals surface area (Å²) in [7, 11) is 0. The topological polar surface area (TPSA) is 83.6 Å². The molecule has 0 aliphatic heterocycles. The summed E-state index contributed by atoms with van der Waals surface area (Å²) in [5.74, 6) is -1.32. The maximum absolute atomic E-state index is 11.3. The van der Waals surface area contributed by atoms with E-state index in [0.717, 1.165) is 25.9 Å². The minimum atomic E-state index is -0.890. The number of primary amides is 1. The zero-order chi connectivity index (χ0) is 12.6. The fourth-order valence-corrected chi connectivity index (χ4v) is 1.76. The molecule has 0 heterocycles. The average Bonchev–Trinajstić information content (AvgIpc) is 2.17. The molecule has 1 atom stereocenters. The van der Waals surface area contributed by atoms with E-state index >= 15 is 0 Å². The summed E-state index contributed by atoms with van der Waals surface area (Å²) in [6.07, 6.45) is 2.13. The molecule has 0 rings (SSSR count). The molecule has 3 N–H and O–H groups in total. The molecular formula is C11H22N2O3. The fourth-order valence-electron chi connectivity index (χ4n) is 1.76. The van der Waals surface area contributed by atoms with E-state index in [1.807, 2.05) is 18.7 Å². The SMILES string of the molecule is CCCN(CCC)[C@@H](CCC(=O)O)C(N)=O. The van der Waals surface area contributed by atoms with Gasteiger partial charge in [0, 0.05) is 6.42 Å². The van der Waals surface area contributed by atoms with Gasteiger partial charge in [0.2, 0.25) is 5.91 Å². The van der Waals surface area contributed by atoms with Gasteiger partial charge < -0.3 is 10.8 Å². The summed E-state index contributed by atoms with van der Waals surface area (Å²) >= 11 is 0. The smallest absolute Gasteiger partial charge is 0.303 e. The predicted molar refractivity (Wildman–Crippen MR) is 62.0 cm³/mol. The van der Waals surface area contributed by atoms with Crippen LogP contribution < -0.4 is 5.73 Å². The summed E-state index contributed by atoms with van der Waals surface area (Å²) < 4.78 is 0. The molecule has 0 aromatic rings. The second kappa shape index (κ2) is 8.10. The van der Waals surface area contributed by atoms with Crippen molar-refractivity contribution in [2.75, 3.05) is 13.1 Å². The van der Waals surface area contributed by atoms with Gasteiger partial charge in [-0.15, -0.1) is 0 Å². The molecule has 0 saturated carbocycles. The number of carbonyl (C=O) groups excluding carboxylic acids is 1. The van der Waals surface area contributed by atoms with Gasteiger partial charge >= 0.3 is 5.97 Å². The molecule has 0 aliphatic rings. The van der Waals surface area contributed by atoms with Crippen LogP contribution in [-0.4, -0.2) is 41.0 Å². The van der Waals surface area contributed by atoms with E-state index in [1.54, 1.807) is 0 Å². The van der Waals surface area contributed by atoms with Gasteiger partial charge in [-0.2, -0.15) is 0 Å². The van der Waals surface area contributed by atoms with Crippen LogP contribution >= 0.6 is 0 Å². The maximum Gasteiger partial charge on any atom is 0.303 e. The second-order valence-electron chi connectivity index (χ2n) is 3.89. The number of rotatable bonds is 9. The molecule has 5 nitrogen and oxygen atoms in total. The average molecular weight is 230 g/mol. The quantitative estimate of drug-likeness (QED) is 0.614. The number of aliphatic carboxylic acids is 1. The molecule has 0 spiro atoms. The summed E-state index contributed by atoms with van der Waals surface area (Å²) in [6, 6.07) is -0.448. The summed E-state index contributed by atoms with van der Waals surface area (Å²) in [4.78, 5) is 23.8. The van der Waals surface area contributed by atoms with Crippen molar-refractivity contribution >= 4 is 11.9 Å². The maximum atomic E-state index is 11.3. The Bertz CT molecular complexity index is 225. The van der Waals surface area contributed by atoms with Crippen molar-refractivity contribution in [2.45, 2.75) is 45.6 Å². The third kappa shape index (κ3) is 5.70. The minimum absolute atomic E-state index is 0.0163. The Balaban J connectivity index is 4.43. The highest BCUT2D eigenvalue weighted by Crippen LogP contribution is 2.09. The molecular weight excluding hydrogens is 208 g/mol. The predicted octanol–water partition coefficient (Wildman–Crippen LogP) is 0.827. The lowest BCUT2D eigenvalue weighted by Gasteiger charge is -2.28. The van der Waals surface area contributed by atoms with E-state index in [0.29, 0.717) is 6.42 Å². The number of hydrogen-bond donors (Lipinski definition) is 2. The molecule has 0 fully saturated rings. The summed E-state index contributed by atoms with van der Waals surface area (Å²) in [5, 5.41) is 8.62. The number of carboxylic acids is 1. The highest BCUT2D eigenvalue weighted by molar-refractivity contribution is 5.80. The van der Waals surface area contributed by atoms with Gasteiger partial charge in [0.05, 0.1) is 6.04 Å². The molecule has 16 heavy (non-hydrogen) atoms. The Kier molecular flexibility index (Phi) is 7.54. The minimum Gasteiger partial charge on any atom is -0.481 e. The second-order valence-corrected chi connectivity index (χ2v) is 3.89. The molecule has 0 unspecified atom stereocenters. The van der Waals surface area contributed by atoms with Gasteiger partial charge in [0.25, 0.3) is 0 Å². The van der Waals surface area contributed by atoms with Crippen LogP contribution in [0.5, 0.6) is 0 Å². The number of carboxylic acid groups (broad SMARTS) is 1. The number of nitrogens with two attached hydrogens (primary N) is 1. The Morgan fingerprint density at radius 2 is 1.75 bits per heavy atom. The van der Waals surface area contributed by atoms with Gasteiger partial charge in [-0.3, -0.25) is 14.5 Å². The van der Waals surface area contributed by atoms with Crippen LogP contribution in [-0.2, 0) is 9.59 Å². The molecule has 0 saturated heterocycles. The van der Waals surface area contributed by atoms with Crippen molar-refractivity contribution in [2.24, 2.45) is 5.73 Å². The molecule has 0 aromatic carbocycles. The fraction of sp³-hybridized carbons (Fsp3) is 0.818. The van der Waals surface area contributed by atoms with Crippen LogP contribution in [0.25, 0.3) is 0 Å². The Morgan fingerprint density at radius 3 is 2.06 bits per heavy atom. The standard InChI is InChI=1S/C11H22N2O3/c1-3-7-13(8-4-2)9(11(12)16)5-6-10(14)15/h9H,3-8H2,1-2H3,(H2,12,16)(H,14,15)/t9-/m0/s1. The first-order valence-corrected chi connectivity index (χ1v) is 5.78. The van der Waals surface area contributed by atoms with E-state index in [-0.39, 0.29) is 6.42 Å². The summed E-state index contributed by atoms with van der Waals surface area (Å²) in [5.41, 5.74) is 5.31.